The van der Waals surface area contributed by atoms with E-state index in [4.69, 9.17) is 46.4 Å². The number of hydrogen-bond donors (Lipinski definition) is 1. The number of halogens is 5. The third-order valence-corrected chi connectivity index (χ3v) is 4.20. The first-order valence-electron chi connectivity index (χ1n) is 5.75. The Labute approximate surface area is 136 Å². The van der Waals surface area contributed by atoms with Gasteiger partial charge in [0.25, 0.3) is 0 Å². The van der Waals surface area contributed by atoms with Crippen molar-refractivity contribution in [2.75, 3.05) is 5.32 Å². The lowest BCUT2D eigenvalue weighted by Gasteiger charge is -2.18. The fourth-order valence-corrected chi connectivity index (χ4v) is 2.78. The molecule has 0 saturated heterocycles. The van der Waals surface area contributed by atoms with Gasteiger partial charge in [-0.1, -0.05) is 58.5 Å². The van der Waals surface area contributed by atoms with E-state index in [1.807, 2.05) is 19.1 Å². The van der Waals surface area contributed by atoms with Gasteiger partial charge >= 0.3 is 0 Å². The maximum absolute atomic E-state index is 13.4. The van der Waals surface area contributed by atoms with Crippen LogP contribution in [0.4, 0.5) is 10.1 Å². The summed E-state index contributed by atoms with van der Waals surface area (Å²) in [5, 5.41) is 4.04. The fraction of sp³-hybridized carbons (Fsp3) is 0.143. The lowest BCUT2D eigenvalue weighted by molar-refractivity contribution is 0.628. The van der Waals surface area contributed by atoms with Gasteiger partial charge in [-0.15, -0.1) is 0 Å². The third kappa shape index (κ3) is 3.32. The van der Waals surface area contributed by atoms with E-state index >= 15 is 0 Å². The highest BCUT2D eigenvalue weighted by Crippen LogP contribution is 2.33. The molecule has 0 fully saturated rings. The van der Waals surface area contributed by atoms with Gasteiger partial charge in [0.15, 0.2) is 5.82 Å². The van der Waals surface area contributed by atoms with Crippen LogP contribution in [0.15, 0.2) is 30.3 Å². The molecule has 0 aliphatic carbocycles. The van der Waals surface area contributed by atoms with Crippen molar-refractivity contribution in [3.8, 4) is 0 Å². The highest BCUT2D eigenvalue weighted by molar-refractivity contribution is 6.42. The van der Waals surface area contributed by atoms with Gasteiger partial charge in [-0.2, -0.15) is 0 Å². The van der Waals surface area contributed by atoms with Gasteiger partial charge < -0.3 is 5.32 Å². The van der Waals surface area contributed by atoms with Crippen LogP contribution in [0.3, 0.4) is 0 Å². The average Bonchev–Trinajstić information content (AvgIpc) is 2.39. The third-order valence-electron chi connectivity index (χ3n) is 2.81. The zero-order valence-corrected chi connectivity index (χ0v) is 13.4. The summed E-state index contributed by atoms with van der Waals surface area (Å²) in [5.41, 5.74) is 1.43. The maximum atomic E-state index is 13.4. The smallest absolute Gasteiger partial charge is 0.160 e. The summed E-state index contributed by atoms with van der Waals surface area (Å²) >= 11 is 23.7. The van der Waals surface area contributed by atoms with Crippen molar-refractivity contribution in [2.45, 2.75) is 13.0 Å². The Morgan fingerprint density at radius 3 is 2.20 bits per heavy atom. The lowest BCUT2D eigenvalue weighted by atomic mass is 10.1. The van der Waals surface area contributed by atoms with Crippen LogP contribution in [0.1, 0.15) is 18.5 Å². The van der Waals surface area contributed by atoms with Gasteiger partial charge in [0.1, 0.15) is 0 Å². The number of nitrogens with one attached hydrogen (secondary N) is 1. The molecule has 1 N–H and O–H groups in total. The van der Waals surface area contributed by atoms with Crippen LogP contribution < -0.4 is 5.32 Å². The van der Waals surface area contributed by atoms with Crippen molar-refractivity contribution in [3.05, 3.63) is 61.8 Å². The van der Waals surface area contributed by atoms with Crippen LogP contribution in [0.5, 0.6) is 0 Å². The van der Waals surface area contributed by atoms with E-state index < -0.39 is 5.82 Å². The molecule has 0 heterocycles. The van der Waals surface area contributed by atoms with Crippen molar-refractivity contribution < 1.29 is 4.39 Å². The zero-order valence-electron chi connectivity index (χ0n) is 10.4. The summed E-state index contributed by atoms with van der Waals surface area (Å²) < 4.78 is 13.4. The van der Waals surface area contributed by atoms with Crippen LogP contribution >= 0.6 is 46.4 Å². The molecule has 0 saturated carbocycles. The normalized spacial score (nSPS) is 12.3. The Morgan fingerprint density at radius 1 is 1.00 bits per heavy atom. The summed E-state index contributed by atoms with van der Waals surface area (Å²) in [6.07, 6.45) is 0. The highest BCUT2D eigenvalue weighted by atomic mass is 35.5. The second-order valence-electron chi connectivity index (χ2n) is 4.26. The molecule has 0 radical (unpaired) electrons. The van der Waals surface area contributed by atoms with E-state index in [0.29, 0.717) is 15.7 Å². The van der Waals surface area contributed by atoms with Gasteiger partial charge in [0.2, 0.25) is 0 Å². The topological polar surface area (TPSA) is 12.0 Å². The number of rotatable bonds is 3. The first-order valence-corrected chi connectivity index (χ1v) is 7.26. The molecule has 0 aromatic heterocycles. The monoisotopic (exact) mass is 351 g/mol. The molecule has 1 atom stereocenters. The maximum Gasteiger partial charge on any atom is 0.160 e. The van der Waals surface area contributed by atoms with E-state index in [1.165, 1.54) is 12.1 Å². The van der Waals surface area contributed by atoms with Gasteiger partial charge in [-0.25, -0.2) is 4.39 Å². The Kier molecular flexibility index (Phi) is 5.03. The average molecular weight is 353 g/mol. The Morgan fingerprint density at radius 2 is 1.60 bits per heavy atom. The van der Waals surface area contributed by atoms with Gasteiger partial charge in [-0.3, -0.25) is 0 Å². The molecule has 0 spiro atoms. The molecular formula is C14H10Cl4FN. The van der Waals surface area contributed by atoms with Crippen molar-refractivity contribution in [1.82, 2.24) is 0 Å². The van der Waals surface area contributed by atoms with Crippen LogP contribution in [-0.4, -0.2) is 0 Å². The first-order chi connectivity index (χ1) is 9.40. The van der Waals surface area contributed by atoms with Crippen molar-refractivity contribution in [3.63, 3.8) is 0 Å². The largest absolute Gasteiger partial charge is 0.378 e. The Bertz CT molecular complexity index is 622. The molecule has 0 amide bonds. The summed E-state index contributed by atoms with van der Waals surface area (Å²) in [4.78, 5) is 0. The van der Waals surface area contributed by atoms with Crippen molar-refractivity contribution >= 4 is 52.1 Å². The Hall–Kier alpha value is -0.670. The Balaban J connectivity index is 2.28. The molecule has 0 aliphatic heterocycles. The van der Waals surface area contributed by atoms with E-state index in [2.05, 4.69) is 5.32 Å². The van der Waals surface area contributed by atoms with E-state index in [0.717, 1.165) is 5.56 Å². The van der Waals surface area contributed by atoms with E-state index in [1.54, 1.807) is 6.07 Å². The molecule has 2 aromatic carbocycles. The molecule has 1 nitrogen and oxygen atoms in total. The zero-order chi connectivity index (χ0) is 14.9. The van der Waals surface area contributed by atoms with Gasteiger partial charge in [-0.05, 0) is 30.7 Å². The molecular weight excluding hydrogens is 343 g/mol. The summed E-state index contributed by atoms with van der Waals surface area (Å²) in [7, 11) is 0. The SMILES string of the molecule is CC(Nc1cc(Cl)c(F)c(Cl)c1)c1cccc(Cl)c1Cl. The van der Waals surface area contributed by atoms with Gasteiger partial charge in [0.05, 0.1) is 26.1 Å². The minimum Gasteiger partial charge on any atom is -0.378 e. The molecule has 0 bridgehead atoms. The molecule has 2 rings (SSSR count). The summed E-state index contributed by atoms with van der Waals surface area (Å²) in [5.74, 6) is -0.632. The fourth-order valence-electron chi connectivity index (χ4n) is 1.82. The summed E-state index contributed by atoms with van der Waals surface area (Å²) in [6, 6.07) is 8.19. The van der Waals surface area contributed by atoms with Crippen LogP contribution in [0, 0.1) is 5.82 Å². The molecule has 0 aliphatic rings. The standard InChI is InChI=1S/C14H10Cl4FN/c1-7(9-3-2-4-10(15)13(9)18)20-8-5-11(16)14(19)12(17)6-8/h2-7,20H,1H3. The van der Waals surface area contributed by atoms with Crippen LogP contribution in [0.25, 0.3) is 0 Å². The van der Waals surface area contributed by atoms with Crippen LogP contribution in [0.2, 0.25) is 20.1 Å². The highest BCUT2D eigenvalue weighted by Gasteiger charge is 2.14. The second kappa shape index (κ2) is 6.40. The number of benzene rings is 2. The predicted octanol–water partition coefficient (Wildman–Crippen LogP) is 6.61. The molecule has 6 heteroatoms. The summed E-state index contributed by atoms with van der Waals surface area (Å²) in [6.45, 7) is 1.91. The predicted molar refractivity (Wildman–Crippen MR) is 84.9 cm³/mol. The minimum absolute atomic E-state index is 0.0376. The minimum atomic E-state index is -0.632. The first kappa shape index (κ1) is 15.7. The van der Waals surface area contributed by atoms with Crippen molar-refractivity contribution in [1.29, 1.82) is 0 Å². The van der Waals surface area contributed by atoms with E-state index in [-0.39, 0.29) is 16.1 Å². The number of hydrogen-bond acceptors (Lipinski definition) is 1. The molecule has 2 aromatic rings. The van der Waals surface area contributed by atoms with Crippen molar-refractivity contribution in [2.24, 2.45) is 0 Å². The number of anilines is 1. The molecule has 1 unspecified atom stereocenters. The second-order valence-corrected chi connectivity index (χ2v) is 5.86. The molecule has 106 valence electrons. The quantitative estimate of drug-likeness (QED) is 0.612. The van der Waals surface area contributed by atoms with Crippen LogP contribution in [-0.2, 0) is 0 Å². The van der Waals surface area contributed by atoms with Gasteiger partial charge in [0, 0.05) is 5.69 Å². The molecule has 20 heavy (non-hydrogen) atoms. The lowest BCUT2D eigenvalue weighted by Crippen LogP contribution is -2.07. The van der Waals surface area contributed by atoms with E-state index in [9.17, 15) is 4.39 Å².